The zero-order valence-electron chi connectivity index (χ0n) is 15.1. The van der Waals surface area contributed by atoms with E-state index in [9.17, 15) is 0 Å². The summed E-state index contributed by atoms with van der Waals surface area (Å²) >= 11 is 6.09. The average Bonchev–Trinajstić information content (AvgIpc) is 3.11. The third-order valence-corrected chi connectivity index (χ3v) is 4.91. The van der Waals surface area contributed by atoms with E-state index in [0.29, 0.717) is 13.2 Å². The number of hydrogen-bond acceptors (Lipinski definition) is 6. The van der Waals surface area contributed by atoms with E-state index in [2.05, 4.69) is 44.0 Å². The Morgan fingerprint density at radius 2 is 1.96 bits per heavy atom. The second kappa shape index (κ2) is 9.23. The van der Waals surface area contributed by atoms with E-state index in [-0.39, 0.29) is 6.04 Å². The van der Waals surface area contributed by atoms with Gasteiger partial charge in [0.25, 0.3) is 0 Å². The SMILES string of the molecule is C=CCN1CCN([C@@H](c2ccc(Cl)cc2)c2nnnn2CCOC)CC1. The Balaban J connectivity index is 1.87. The molecule has 0 spiro atoms. The lowest BCUT2D eigenvalue weighted by atomic mass is 10.0. The molecule has 0 saturated carbocycles. The first-order valence-electron chi connectivity index (χ1n) is 8.80. The van der Waals surface area contributed by atoms with Crippen LogP contribution in [0.2, 0.25) is 5.02 Å². The average molecular weight is 377 g/mol. The molecule has 2 aromatic rings. The highest BCUT2D eigenvalue weighted by molar-refractivity contribution is 6.30. The molecule has 8 heteroatoms. The fourth-order valence-corrected chi connectivity index (χ4v) is 3.43. The van der Waals surface area contributed by atoms with Gasteiger partial charge in [0.05, 0.1) is 19.2 Å². The van der Waals surface area contributed by atoms with Crippen LogP contribution in [0.15, 0.2) is 36.9 Å². The van der Waals surface area contributed by atoms with Crippen molar-refractivity contribution in [2.45, 2.75) is 12.6 Å². The fraction of sp³-hybridized carbons (Fsp3) is 0.500. The molecule has 1 aromatic heterocycles. The number of ether oxygens (including phenoxy) is 1. The second-order valence-corrected chi connectivity index (χ2v) is 6.77. The Morgan fingerprint density at radius 3 is 2.62 bits per heavy atom. The first-order chi connectivity index (χ1) is 12.7. The molecule has 1 aliphatic rings. The molecule has 0 amide bonds. The number of benzene rings is 1. The van der Waals surface area contributed by atoms with Gasteiger partial charge in [-0.15, -0.1) is 11.7 Å². The van der Waals surface area contributed by atoms with Gasteiger partial charge in [0.1, 0.15) is 0 Å². The van der Waals surface area contributed by atoms with Crippen LogP contribution >= 0.6 is 11.6 Å². The molecule has 0 unspecified atom stereocenters. The molecule has 1 fully saturated rings. The molecule has 3 rings (SSSR count). The second-order valence-electron chi connectivity index (χ2n) is 6.33. The number of tetrazole rings is 1. The molecular weight excluding hydrogens is 352 g/mol. The van der Waals surface area contributed by atoms with Crippen molar-refractivity contribution >= 4 is 11.6 Å². The summed E-state index contributed by atoms with van der Waals surface area (Å²) in [5.74, 6) is 0.835. The number of hydrogen-bond donors (Lipinski definition) is 0. The lowest BCUT2D eigenvalue weighted by Crippen LogP contribution is -2.48. The van der Waals surface area contributed by atoms with Gasteiger partial charge in [-0.25, -0.2) is 4.68 Å². The van der Waals surface area contributed by atoms with Crippen molar-refractivity contribution in [2.24, 2.45) is 0 Å². The molecule has 2 heterocycles. The molecule has 26 heavy (non-hydrogen) atoms. The van der Waals surface area contributed by atoms with Gasteiger partial charge in [-0.3, -0.25) is 9.80 Å². The highest BCUT2D eigenvalue weighted by Gasteiger charge is 2.30. The largest absolute Gasteiger partial charge is 0.383 e. The van der Waals surface area contributed by atoms with Gasteiger partial charge in [0.2, 0.25) is 0 Å². The Kier molecular flexibility index (Phi) is 6.73. The molecular formula is C18H25ClN6O. The highest BCUT2D eigenvalue weighted by Crippen LogP contribution is 2.29. The van der Waals surface area contributed by atoms with Gasteiger partial charge in [-0.2, -0.15) is 0 Å². The van der Waals surface area contributed by atoms with Crippen molar-refractivity contribution in [1.82, 2.24) is 30.0 Å². The molecule has 0 radical (unpaired) electrons. The molecule has 1 aliphatic heterocycles. The van der Waals surface area contributed by atoms with E-state index in [4.69, 9.17) is 16.3 Å². The van der Waals surface area contributed by atoms with Crippen LogP contribution in [0.5, 0.6) is 0 Å². The third-order valence-electron chi connectivity index (χ3n) is 4.66. The monoisotopic (exact) mass is 376 g/mol. The molecule has 0 bridgehead atoms. The van der Waals surface area contributed by atoms with Crippen molar-refractivity contribution in [3.05, 3.63) is 53.3 Å². The van der Waals surface area contributed by atoms with Gasteiger partial charge < -0.3 is 4.74 Å². The summed E-state index contributed by atoms with van der Waals surface area (Å²) < 4.78 is 7.03. The highest BCUT2D eigenvalue weighted by atomic mass is 35.5. The summed E-state index contributed by atoms with van der Waals surface area (Å²) in [6.45, 7) is 9.83. The van der Waals surface area contributed by atoms with Gasteiger partial charge in [0.15, 0.2) is 5.82 Å². The molecule has 0 aliphatic carbocycles. The summed E-state index contributed by atoms with van der Waals surface area (Å²) in [7, 11) is 1.68. The maximum Gasteiger partial charge on any atom is 0.173 e. The summed E-state index contributed by atoms with van der Waals surface area (Å²) in [6, 6.07) is 7.93. The number of rotatable bonds is 8. The number of piperazine rings is 1. The van der Waals surface area contributed by atoms with E-state index in [1.165, 1.54) is 0 Å². The normalized spacial score (nSPS) is 17.3. The standard InChI is InChI=1S/C18H25ClN6O/c1-3-8-23-9-11-24(12-10-23)17(15-4-6-16(19)7-5-15)18-20-21-22-25(18)13-14-26-2/h3-7,17H,1,8-14H2,2H3/t17-/m0/s1. The number of nitrogens with zero attached hydrogens (tertiary/aromatic N) is 6. The van der Waals surface area contributed by atoms with Crippen LogP contribution in [0, 0.1) is 0 Å². The number of aromatic nitrogens is 4. The van der Waals surface area contributed by atoms with Crippen LogP contribution in [-0.4, -0.2) is 76.4 Å². The van der Waals surface area contributed by atoms with Crippen LogP contribution < -0.4 is 0 Å². The van der Waals surface area contributed by atoms with Crippen molar-refractivity contribution in [1.29, 1.82) is 0 Å². The minimum Gasteiger partial charge on any atom is -0.383 e. The van der Waals surface area contributed by atoms with Gasteiger partial charge >= 0.3 is 0 Å². The smallest absolute Gasteiger partial charge is 0.173 e. The molecule has 1 saturated heterocycles. The van der Waals surface area contributed by atoms with E-state index in [1.54, 1.807) is 7.11 Å². The maximum atomic E-state index is 6.09. The summed E-state index contributed by atoms with van der Waals surface area (Å²) in [4.78, 5) is 4.83. The Bertz CT molecular complexity index is 696. The lowest BCUT2D eigenvalue weighted by molar-refractivity contribution is 0.111. The van der Waals surface area contributed by atoms with Crippen molar-refractivity contribution in [3.63, 3.8) is 0 Å². The zero-order chi connectivity index (χ0) is 18.4. The number of halogens is 1. The van der Waals surface area contributed by atoms with E-state index in [1.807, 2.05) is 22.9 Å². The Hall–Kier alpha value is -1.80. The van der Waals surface area contributed by atoms with Crippen molar-refractivity contribution < 1.29 is 4.74 Å². The third kappa shape index (κ3) is 4.48. The van der Waals surface area contributed by atoms with E-state index < -0.39 is 0 Å². The summed E-state index contributed by atoms with van der Waals surface area (Å²) in [5.41, 5.74) is 1.14. The quantitative estimate of drug-likeness (QED) is 0.655. The van der Waals surface area contributed by atoms with Crippen LogP contribution in [-0.2, 0) is 11.3 Å². The van der Waals surface area contributed by atoms with E-state index in [0.717, 1.165) is 49.1 Å². The van der Waals surface area contributed by atoms with Crippen LogP contribution in [0.1, 0.15) is 17.4 Å². The van der Waals surface area contributed by atoms with Crippen molar-refractivity contribution in [3.8, 4) is 0 Å². The molecule has 1 atom stereocenters. The van der Waals surface area contributed by atoms with Crippen LogP contribution in [0.4, 0.5) is 0 Å². The topological polar surface area (TPSA) is 59.3 Å². The lowest BCUT2D eigenvalue weighted by Gasteiger charge is -2.38. The van der Waals surface area contributed by atoms with Crippen LogP contribution in [0.25, 0.3) is 0 Å². The maximum absolute atomic E-state index is 6.09. The van der Waals surface area contributed by atoms with Crippen molar-refractivity contribution in [2.75, 3.05) is 46.4 Å². The Labute approximate surface area is 159 Å². The fourth-order valence-electron chi connectivity index (χ4n) is 3.30. The minimum absolute atomic E-state index is 0.00926. The van der Waals surface area contributed by atoms with Gasteiger partial charge in [-0.1, -0.05) is 29.8 Å². The van der Waals surface area contributed by atoms with Gasteiger partial charge in [0, 0.05) is 44.9 Å². The molecule has 1 aromatic carbocycles. The zero-order valence-corrected chi connectivity index (χ0v) is 15.8. The first kappa shape index (κ1) is 19.0. The minimum atomic E-state index is -0.00926. The predicted octanol–water partition coefficient (Wildman–Crippen LogP) is 1.87. The molecule has 7 nitrogen and oxygen atoms in total. The summed E-state index contributed by atoms with van der Waals surface area (Å²) in [5, 5.41) is 13.1. The first-order valence-corrected chi connectivity index (χ1v) is 9.18. The Morgan fingerprint density at radius 1 is 1.23 bits per heavy atom. The van der Waals surface area contributed by atoms with Crippen LogP contribution in [0.3, 0.4) is 0 Å². The summed E-state index contributed by atoms with van der Waals surface area (Å²) in [6.07, 6.45) is 1.96. The van der Waals surface area contributed by atoms with E-state index >= 15 is 0 Å². The van der Waals surface area contributed by atoms with Gasteiger partial charge in [-0.05, 0) is 28.1 Å². The predicted molar refractivity (Wildman–Crippen MR) is 101 cm³/mol. The molecule has 140 valence electrons. The molecule has 0 N–H and O–H groups in total. The number of methoxy groups -OCH3 is 1.